The minimum Gasteiger partial charge on any atom is -0.395 e. The van der Waals surface area contributed by atoms with Crippen molar-refractivity contribution in [1.82, 2.24) is 20.2 Å². The number of aromatic nitrogens is 2. The van der Waals surface area contributed by atoms with Crippen molar-refractivity contribution in [3.8, 4) is 0 Å². The van der Waals surface area contributed by atoms with Crippen LogP contribution in [-0.4, -0.2) is 63.2 Å². The normalized spacial score (nSPS) is 19.9. The van der Waals surface area contributed by atoms with Crippen LogP contribution in [0.3, 0.4) is 0 Å². The maximum atomic E-state index is 13.0. The quantitative estimate of drug-likeness (QED) is 0.497. The van der Waals surface area contributed by atoms with E-state index in [9.17, 15) is 14.7 Å². The molecule has 0 unspecified atom stereocenters. The predicted octanol–water partition coefficient (Wildman–Crippen LogP) is 3.58. The number of rotatable bonds is 5. The highest BCUT2D eigenvalue weighted by Gasteiger charge is 2.27. The summed E-state index contributed by atoms with van der Waals surface area (Å²) in [4.78, 5) is 41.2. The van der Waals surface area contributed by atoms with Crippen LogP contribution in [0.25, 0.3) is 10.9 Å². The number of nitrogens with one attached hydrogen (secondary N) is 2. The van der Waals surface area contributed by atoms with Gasteiger partial charge in [-0.25, -0.2) is 9.98 Å². The van der Waals surface area contributed by atoms with Crippen molar-refractivity contribution in [2.24, 2.45) is 4.99 Å². The number of benzene rings is 1. The molecule has 3 N–H and O–H groups in total. The number of H-pyrrole nitrogens is 1. The molecule has 5 rings (SSSR count). The van der Waals surface area contributed by atoms with Crippen molar-refractivity contribution in [2.75, 3.05) is 19.7 Å². The smallest absolute Gasteiger partial charge is 0.305 e. The van der Waals surface area contributed by atoms with Gasteiger partial charge in [0.1, 0.15) is 5.69 Å². The standard InChI is InChI=1S/C24H26ClN5O3S/c25-15-5-6-16-14(11-15)12-20(26-16)22(32)27-17-3-1-2-4-18(17)28-23(33)24-29-19-7-8-30(9-10-31)13-21(19)34-24/h5-6,11-12,17,26,31H,1-4,7-10,13H2,(H,27,32)/t17-/m0/s1. The third kappa shape index (κ3) is 4.93. The van der Waals surface area contributed by atoms with E-state index < -0.39 is 0 Å². The summed E-state index contributed by atoms with van der Waals surface area (Å²) < 4.78 is 0. The van der Waals surface area contributed by atoms with Gasteiger partial charge in [0, 0.05) is 52.6 Å². The van der Waals surface area contributed by atoms with Crippen LogP contribution in [0.4, 0.5) is 0 Å². The number of hydrogen-bond donors (Lipinski definition) is 3. The van der Waals surface area contributed by atoms with E-state index in [0.29, 0.717) is 40.9 Å². The fourth-order valence-electron chi connectivity index (χ4n) is 4.60. The summed E-state index contributed by atoms with van der Waals surface area (Å²) in [6.07, 6.45) is 4.09. The average molecular weight is 500 g/mol. The maximum Gasteiger partial charge on any atom is 0.305 e. The highest BCUT2D eigenvalue weighted by molar-refractivity contribution is 7.13. The predicted molar refractivity (Wildman–Crippen MR) is 133 cm³/mol. The minimum atomic E-state index is -0.343. The van der Waals surface area contributed by atoms with Crippen LogP contribution in [-0.2, 0) is 13.0 Å². The van der Waals surface area contributed by atoms with Crippen LogP contribution >= 0.6 is 22.9 Å². The lowest BCUT2D eigenvalue weighted by Crippen LogP contribution is -2.43. The largest absolute Gasteiger partial charge is 0.395 e. The first-order chi connectivity index (χ1) is 16.5. The number of nitrogens with zero attached hydrogens (tertiary/aromatic N) is 3. The Balaban J connectivity index is 1.31. The van der Waals surface area contributed by atoms with E-state index in [-0.39, 0.29) is 24.5 Å². The van der Waals surface area contributed by atoms with E-state index in [4.69, 9.17) is 11.6 Å². The fraction of sp³-hybridized carbons (Fsp3) is 0.417. The lowest BCUT2D eigenvalue weighted by molar-refractivity contribution is 0.0935. The Hall–Kier alpha value is -2.59. The van der Waals surface area contributed by atoms with E-state index in [2.05, 4.69) is 25.2 Å². The monoisotopic (exact) mass is 499 g/mol. The number of carbonyl (C=O) groups is 2. The molecule has 0 radical (unpaired) electrons. The zero-order chi connectivity index (χ0) is 23.7. The summed E-state index contributed by atoms with van der Waals surface area (Å²) in [7, 11) is 0. The minimum absolute atomic E-state index is 0.118. The van der Waals surface area contributed by atoms with Crippen LogP contribution in [0.5, 0.6) is 0 Å². The molecule has 3 aromatic rings. The van der Waals surface area contributed by atoms with Gasteiger partial charge in [-0.05, 0) is 43.5 Å². The number of aliphatic hydroxyl groups excluding tert-OH is 1. The van der Waals surface area contributed by atoms with Crippen molar-refractivity contribution in [2.45, 2.75) is 44.7 Å². The number of aromatic amines is 1. The molecular weight excluding hydrogens is 474 g/mol. The number of amides is 2. The van der Waals surface area contributed by atoms with Crippen LogP contribution in [0.2, 0.25) is 5.02 Å². The van der Waals surface area contributed by atoms with Gasteiger partial charge in [0.05, 0.1) is 18.3 Å². The van der Waals surface area contributed by atoms with Gasteiger partial charge in [0.15, 0.2) is 5.01 Å². The van der Waals surface area contributed by atoms with Crippen LogP contribution in [0.15, 0.2) is 29.3 Å². The van der Waals surface area contributed by atoms with Gasteiger partial charge in [0.25, 0.3) is 5.91 Å². The number of fused-ring (bicyclic) bond motifs is 2. The van der Waals surface area contributed by atoms with E-state index in [0.717, 1.165) is 53.7 Å². The second-order valence-corrected chi connectivity index (χ2v) is 10.3. The molecule has 0 bridgehead atoms. The number of thiazole rings is 1. The zero-order valence-corrected chi connectivity index (χ0v) is 20.2. The Kier molecular flexibility index (Phi) is 6.78. The Morgan fingerprint density at radius 3 is 3.03 bits per heavy atom. The molecule has 0 spiro atoms. The second kappa shape index (κ2) is 9.95. The molecule has 2 aromatic heterocycles. The average Bonchev–Trinajstić information content (AvgIpc) is 3.44. The molecule has 0 saturated heterocycles. The van der Waals surface area contributed by atoms with Crippen molar-refractivity contribution < 1.29 is 14.7 Å². The molecular formula is C24H26ClN5O3S. The van der Waals surface area contributed by atoms with Gasteiger partial charge < -0.3 is 15.4 Å². The highest BCUT2D eigenvalue weighted by Crippen LogP contribution is 2.26. The SMILES string of the molecule is O=C(N[C@H]1CCCCC1=NC(=O)c1nc2c(s1)CN(CCO)CC2)c1cc2cc(Cl)ccc2[nH]1. The van der Waals surface area contributed by atoms with Gasteiger partial charge in [-0.15, -0.1) is 11.3 Å². The number of halogens is 1. The number of aliphatic imine (C=N–C) groups is 1. The van der Waals surface area contributed by atoms with Gasteiger partial charge in [-0.3, -0.25) is 14.5 Å². The van der Waals surface area contributed by atoms with E-state index in [1.54, 1.807) is 12.1 Å². The summed E-state index contributed by atoms with van der Waals surface area (Å²) >= 11 is 7.44. The molecule has 1 saturated carbocycles. The molecule has 1 atom stereocenters. The Morgan fingerprint density at radius 1 is 1.29 bits per heavy atom. The summed E-state index contributed by atoms with van der Waals surface area (Å²) in [5.74, 6) is -0.572. The number of aliphatic hydroxyl groups is 1. The topological polar surface area (TPSA) is 111 Å². The zero-order valence-electron chi connectivity index (χ0n) is 18.6. The van der Waals surface area contributed by atoms with E-state index in [1.165, 1.54) is 11.3 Å². The first-order valence-corrected chi connectivity index (χ1v) is 12.7. The number of carbonyl (C=O) groups excluding carboxylic acids is 2. The molecule has 1 aromatic carbocycles. The third-order valence-corrected chi connectivity index (χ3v) is 7.67. The van der Waals surface area contributed by atoms with Crippen molar-refractivity contribution in [1.29, 1.82) is 0 Å². The van der Waals surface area contributed by atoms with E-state index in [1.807, 2.05) is 12.1 Å². The molecule has 178 valence electrons. The summed E-state index contributed by atoms with van der Waals surface area (Å²) in [5, 5.41) is 14.1. The molecule has 1 aliphatic carbocycles. The van der Waals surface area contributed by atoms with Crippen LogP contribution < -0.4 is 5.32 Å². The molecule has 2 amide bonds. The van der Waals surface area contributed by atoms with Crippen molar-refractivity contribution in [3.05, 3.63) is 50.6 Å². The van der Waals surface area contributed by atoms with Crippen LogP contribution in [0, 0.1) is 0 Å². The second-order valence-electron chi connectivity index (χ2n) is 8.73. The molecule has 34 heavy (non-hydrogen) atoms. The summed E-state index contributed by atoms with van der Waals surface area (Å²) in [6, 6.07) is 6.93. The maximum absolute atomic E-state index is 13.0. The first kappa shape index (κ1) is 23.2. The number of β-amino-alcohol motifs (C(OH)–C–C–N with tert-alkyl or cyclic N) is 1. The Bertz CT molecular complexity index is 1270. The molecule has 2 aliphatic rings. The van der Waals surface area contributed by atoms with Crippen LogP contribution in [0.1, 0.15) is 56.5 Å². The van der Waals surface area contributed by atoms with Gasteiger partial charge >= 0.3 is 5.91 Å². The lowest BCUT2D eigenvalue weighted by atomic mass is 9.93. The van der Waals surface area contributed by atoms with Crippen molar-refractivity contribution >= 4 is 51.4 Å². The highest BCUT2D eigenvalue weighted by atomic mass is 35.5. The Morgan fingerprint density at radius 2 is 2.18 bits per heavy atom. The third-order valence-electron chi connectivity index (χ3n) is 6.37. The van der Waals surface area contributed by atoms with Gasteiger partial charge in [0.2, 0.25) is 0 Å². The van der Waals surface area contributed by atoms with E-state index >= 15 is 0 Å². The molecule has 8 nitrogen and oxygen atoms in total. The fourth-order valence-corrected chi connectivity index (χ4v) is 5.81. The molecule has 1 aliphatic heterocycles. The van der Waals surface area contributed by atoms with Crippen molar-refractivity contribution in [3.63, 3.8) is 0 Å². The van der Waals surface area contributed by atoms with Gasteiger partial charge in [-0.1, -0.05) is 18.0 Å². The first-order valence-electron chi connectivity index (χ1n) is 11.5. The van der Waals surface area contributed by atoms with Gasteiger partial charge in [-0.2, -0.15) is 0 Å². The summed E-state index contributed by atoms with van der Waals surface area (Å²) in [6.45, 7) is 2.26. The molecule has 1 fully saturated rings. The number of hydrogen-bond acceptors (Lipinski definition) is 6. The Labute approximate surface area is 206 Å². The summed E-state index contributed by atoms with van der Waals surface area (Å²) in [5.41, 5.74) is 2.95. The lowest BCUT2D eigenvalue weighted by Gasteiger charge is -2.24. The molecule has 3 heterocycles. The molecule has 10 heteroatoms.